The van der Waals surface area contributed by atoms with Crippen molar-refractivity contribution in [2.24, 2.45) is 0 Å². The lowest BCUT2D eigenvalue weighted by molar-refractivity contribution is -0.130. The maximum absolute atomic E-state index is 12.0. The number of nitrogens with one attached hydrogen (secondary N) is 1. The first-order chi connectivity index (χ1) is 6.77. The van der Waals surface area contributed by atoms with Crippen molar-refractivity contribution in [3.05, 3.63) is 0 Å². The number of nitrogens with zero attached hydrogens (tertiary/aromatic N) is 1. The minimum Gasteiger partial charge on any atom is -0.323 e. The molecule has 1 saturated heterocycles. The van der Waals surface area contributed by atoms with Gasteiger partial charge in [0.2, 0.25) is 5.91 Å². The highest BCUT2D eigenvalue weighted by Gasteiger charge is 2.44. The second kappa shape index (κ2) is 3.89. The van der Waals surface area contributed by atoms with Gasteiger partial charge in [-0.1, -0.05) is 20.3 Å². The van der Waals surface area contributed by atoms with Crippen LogP contribution in [-0.2, 0) is 4.79 Å². The van der Waals surface area contributed by atoms with E-state index in [1.807, 2.05) is 0 Å². The Hall–Kier alpha value is -0.570. The van der Waals surface area contributed by atoms with E-state index < -0.39 is 0 Å². The second-order valence-corrected chi connectivity index (χ2v) is 4.41. The molecule has 2 rings (SSSR count). The average molecular weight is 196 g/mol. The van der Waals surface area contributed by atoms with Crippen molar-refractivity contribution in [1.29, 1.82) is 0 Å². The lowest BCUT2D eigenvalue weighted by Gasteiger charge is -2.22. The van der Waals surface area contributed by atoms with Gasteiger partial charge in [0.1, 0.15) is 0 Å². The fraction of sp³-hybridized carbons (Fsp3) is 0.909. The average Bonchev–Trinajstić information content (AvgIpc) is 2.95. The molecule has 0 radical (unpaired) electrons. The van der Waals surface area contributed by atoms with E-state index in [0.717, 1.165) is 19.3 Å². The number of amides is 1. The van der Waals surface area contributed by atoms with E-state index in [9.17, 15) is 4.79 Å². The van der Waals surface area contributed by atoms with Crippen LogP contribution in [0.3, 0.4) is 0 Å². The summed E-state index contributed by atoms with van der Waals surface area (Å²) in [6.07, 6.45) is 5.83. The highest BCUT2D eigenvalue weighted by molar-refractivity contribution is 5.84. The summed E-state index contributed by atoms with van der Waals surface area (Å²) in [6.45, 7) is 4.28. The van der Waals surface area contributed by atoms with E-state index in [-0.39, 0.29) is 6.04 Å². The zero-order chi connectivity index (χ0) is 10.1. The first kappa shape index (κ1) is 9.97. The van der Waals surface area contributed by atoms with Crippen LogP contribution in [0, 0.1) is 0 Å². The molecular formula is C11H20N2O. The number of carbonyl (C=O) groups excluding carboxylic acids is 1. The van der Waals surface area contributed by atoms with Gasteiger partial charge in [-0.3, -0.25) is 10.1 Å². The summed E-state index contributed by atoms with van der Waals surface area (Å²) in [6, 6.07) is 0.660. The van der Waals surface area contributed by atoms with Gasteiger partial charge in [-0.2, -0.15) is 0 Å². The summed E-state index contributed by atoms with van der Waals surface area (Å²) in [4.78, 5) is 14.1. The Morgan fingerprint density at radius 1 is 1.43 bits per heavy atom. The van der Waals surface area contributed by atoms with E-state index in [4.69, 9.17) is 0 Å². The number of hydrogen-bond acceptors (Lipinski definition) is 2. The monoisotopic (exact) mass is 196 g/mol. The molecule has 2 unspecified atom stereocenters. The molecule has 1 saturated carbocycles. The molecule has 2 fully saturated rings. The molecule has 1 aliphatic carbocycles. The number of carbonyl (C=O) groups is 1. The minimum absolute atomic E-state index is 0.102. The fourth-order valence-corrected chi connectivity index (χ4v) is 2.31. The molecule has 1 amide bonds. The van der Waals surface area contributed by atoms with E-state index >= 15 is 0 Å². The Morgan fingerprint density at radius 2 is 2.14 bits per heavy atom. The van der Waals surface area contributed by atoms with Crippen molar-refractivity contribution in [3.8, 4) is 0 Å². The SMILES string of the molecule is CCCC1NC(CC)N(C2CC2)C1=O. The van der Waals surface area contributed by atoms with Crippen LogP contribution in [0.15, 0.2) is 0 Å². The van der Waals surface area contributed by atoms with E-state index in [0.29, 0.717) is 18.1 Å². The summed E-state index contributed by atoms with van der Waals surface area (Å²) in [5, 5.41) is 3.44. The van der Waals surface area contributed by atoms with E-state index in [1.54, 1.807) is 0 Å². The van der Waals surface area contributed by atoms with Crippen LogP contribution in [0.1, 0.15) is 46.0 Å². The molecule has 0 bridgehead atoms. The lowest BCUT2D eigenvalue weighted by Crippen LogP contribution is -2.38. The predicted octanol–water partition coefficient (Wildman–Crippen LogP) is 1.49. The molecule has 0 spiro atoms. The molecule has 0 aromatic rings. The normalized spacial score (nSPS) is 32.7. The Labute approximate surface area is 85.8 Å². The van der Waals surface area contributed by atoms with Crippen LogP contribution in [0.4, 0.5) is 0 Å². The van der Waals surface area contributed by atoms with Gasteiger partial charge in [0, 0.05) is 6.04 Å². The Kier molecular flexibility index (Phi) is 2.77. The first-order valence-electron chi connectivity index (χ1n) is 5.86. The molecule has 1 aliphatic heterocycles. The summed E-state index contributed by atoms with van der Waals surface area (Å²) in [7, 11) is 0. The van der Waals surface area contributed by atoms with Crippen molar-refractivity contribution in [1.82, 2.24) is 10.2 Å². The smallest absolute Gasteiger partial charge is 0.241 e. The quantitative estimate of drug-likeness (QED) is 0.738. The zero-order valence-corrected chi connectivity index (χ0v) is 9.12. The topological polar surface area (TPSA) is 32.3 Å². The molecular weight excluding hydrogens is 176 g/mol. The third-order valence-corrected chi connectivity index (χ3v) is 3.19. The summed E-state index contributed by atoms with van der Waals surface area (Å²) < 4.78 is 0. The van der Waals surface area contributed by atoms with Gasteiger partial charge in [-0.25, -0.2) is 0 Å². The van der Waals surface area contributed by atoms with Gasteiger partial charge in [-0.05, 0) is 25.7 Å². The molecule has 1 heterocycles. The third kappa shape index (κ3) is 1.65. The summed E-state index contributed by atoms with van der Waals surface area (Å²) in [5.41, 5.74) is 0. The second-order valence-electron chi connectivity index (χ2n) is 4.41. The Bertz CT molecular complexity index is 225. The van der Waals surface area contributed by atoms with Crippen molar-refractivity contribution in [2.45, 2.75) is 64.2 Å². The molecule has 3 heteroatoms. The fourth-order valence-electron chi connectivity index (χ4n) is 2.31. The minimum atomic E-state index is 0.102. The van der Waals surface area contributed by atoms with Crippen LogP contribution in [-0.4, -0.2) is 29.1 Å². The van der Waals surface area contributed by atoms with Crippen LogP contribution in [0.25, 0.3) is 0 Å². The van der Waals surface area contributed by atoms with Gasteiger partial charge < -0.3 is 4.90 Å². The van der Waals surface area contributed by atoms with Crippen LogP contribution < -0.4 is 5.32 Å². The molecule has 2 aliphatic rings. The zero-order valence-electron chi connectivity index (χ0n) is 9.12. The lowest BCUT2D eigenvalue weighted by atomic mass is 10.2. The van der Waals surface area contributed by atoms with Crippen LogP contribution in [0.2, 0.25) is 0 Å². The summed E-state index contributed by atoms with van der Waals surface area (Å²) >= 11 is 0. The van der Waals surface area contributed by atoms with Crippen molar-refractivity contribution < 1.29 is 4.79 Å². The van der Waals surface area contributed by atoms with Gasteiger partial charge in [-0.15, -0.1) is 0 Å². The molecule has 0 aromatic carbocycles. The third-order valence-electron chi connectivity index (χ3n) is 3.19. The highest BCUT2D eigenvalue weighted by Crippen LogP contribution is 2.32. The molecule has 2 atom stereocenters. The number of hydrogen-bond donors (Lipinski definition) is 1. The molecule has 1 N–H and O–H groups in total. The van der Waals surface area contributed by atoms with Crippen molar-refractivity contribution in [3.63, 3.8) is 0 Å². The van der Waals surface area contributed by atoms with Crippen LogP contribution in [0.5, 0.6) is 0 Å². The Balaban J connectivity index is 2.03. The first-order valence-corrected chi connectivity index (χ1v) is 5.86. The van der Waals surface area contributed by atoms with Gasteiger partial charge >= 0.3 is 0 Å². The maximum atomic E-state index is 12.0. The predicted molar refractivity (Wildman–Crippen MR) is 55.8 cm³/mol. The van der Waals surface area contributed by atoms with E-state index in [1.165, 1.54) is 12.8 Å². The van der Waals surface area contributed by atoms with Crippen LogP contribution >= 0.6 is 0 Å². The Morgan fingerprint density at radius 3 is 2.64 bits per heavy atom. The van der Waals surface area contributed by atoms with Gasteiger partial charge in [0.15, 0.2) is 0 Å². The summed E-state index contributed by atoms with van der Waals surface area (Å²) in [5.74, 6) is 0.348. The number of rotatable bonds is 4. The molecule has 3 nitrogen and oxygen atoms in total. The molecule has 80 valence electrons. The van der Waals surface area contributed by atoms with Gasteiger partial charge in [0.25, 0.3) is 0 Å². The highest BCUT2D eigenvalue weighted by atomic mass is 16.2. The van der Waals surface area contributed by atoms with Crippen molar-refractivity contribution >= 4 is 5.91 Å². The van der Waals surface area contributed by atoms with Gasteiger partial charge in [0.05, 0.1) is 12.2 Å². The largest absolute Gasteiger partial charge is 0.323 e. The standard InChI is InChI=1S/C11H20N2O/c1-3-5-9-11(14)13(8-6-7-8)10(4-2)12-9/h8-10,12H,3-7H2,1-2H3. The molecule has 0 aromatic heterocycles. The van der Waals surface area contributed by atoms with Crippen molar-refractivity contribution in [2.75, 3.05) is 0 Å². The molecule has 14 heavy (non-hydrogen) atoms. The maximum Gasteiger partial charge on any atom is 0.241 e. The van der Waals surface area contributed by atoms with E-state index in [2.05, 4.69) is 24.1 Å².